The Morgan fingerprint density at radius 3 is 2.53 bits per heavy atom. The normalized spacial score (nSPS) is 49.4. The van der Waals surface area contributed by atoms with Gasteiger partial charge in [0.15, 0.2) is 6.29 Å². The summed E-state index contributed by atoms with van der Waals surface area (Å²) in [5.41, 5.74) is -1.03. The summed E-state index contributed by atoms with van der Waals surface area (Å²) in [7, 11) is 0. The van der Waals surface area contributed by atoms with Gasteiger partial charge in [-0.3, -0.25) is 0 Å². The highest BCUT2D eigenvalue weighted by Crippen LogP contribution is 2.63. The van der Waals surface area contributed by atoms with Gasteiger partial charge in [-0.2, -0.15) is 0 Å². The number of ether oxygens (including phenoxy) is 3. The van der Waals surface area contributed by atoms with Crippen LogP contribution in [0.3, 0.4) is 0 Å². The van der Waals surface area contributed by atoms with Gasteiger partial charge in [-0.15, -0.1) is 0 Å². The minimum atomic E-state index is -1.42. The van der Waals surface area contributed by atoms with E-state index in [1.165, 1.54) is 6.08 Å². The number of carbonyl (C=O) groups excluding carboxylic acids is 1. The summed E-state index contributed by atoms with van der Waals surface area (Å²) in [6.07, 6.45) is -0.0118. The number of esters is 1. The van der Waals surface area contributed by atoms with Gasteiger partial charge in [0.25, 0.3) is 0 Å². The van der Waals surface area contributed by atoms with Gasteiger partial charge < -0.3 is 39.7 Å². The lowest BCUT2D eigenvalue weighted by atomic mass is 9.44. The molecule has 2 aliphatic heterocycles. The standard InChI is InChI=1S/C25H40O9/c1-23(13-26)7-4-8-24(2)17(6-5-14-9-18(28)32-11-14)25(3,31)10-16(21(23)24)34-22-20(30)19(29)15(27)12-33-22/h9,15-17,19-22,26-27,29-31H,4-8,10-13H2,1-3H3/t15-,16+,17-,19-,20+,21+,22+,23+,24-,25-/m1/s1. The van der Waals surface area contributed by atoms with E-state index >= 15 is 0 Å². The Morgan fingerprint density at radius 1 is 1.15 bits per heavy atom. The monoisotopic (exact) mass is 484 g/mol. The van der Waals surface area contributed by atoms with Crippen molar-refractivity contribution in [3.05, 3.63) is 11.6 Å². The van der Waals surface area contributed by atoms with Gasteiger partial charge in [-0.25, -0.2) is 4.79 Å². The van der Waals surface area contributed by atoms with Crippen molar-refractivity contribution >= 4 is 5.97 Å². The van der Waals surface area contributed by atoms with Crippen molar-refractivity contribution in [2.45, 2.75) is 95.6 Å². The lowest BCUT2D eigenvalue weighted by Crippen LogP contribution is -2.65. The largest absolute Gasteiger partial charge is 0.458 e. The van der Waals surface area contributed by atoms with Crippen LogP contribution in [-0.2, 0) is 19.0 Å². The van der Waals surface area contributed by atoms with Gasteiger partial charge in [0.2, 0.25) is 0 Å². The third-order valence-electron chi connectivity index (χ3n) is 9.06. The maximum absolute atomic E-state index is 11.7. The van der Waals surface area contributed by atoms with Crippen LogP contribution >= 0.6 is 0 Å². The van der Waals surface area contributed by atoms with Crippen LogP contribution in [-0.4, -0.2) is 87.6 Å². The molecule has 5 N–H and O–H groups in total. The van der Waals surface area contributed by atoms with Crippen molar-refractivity contribution in [2.24, 2.45) is 22.7 Å². The molecule has 3 fully saturated rings. The fourth-order valence-electron chi connectivity index (χ4n) is 7.53. The number of carbonyl (C=O) groups is 1. The third kappa shape index (κ3) is 4.56. The molecule has 0 radical (unpaired) electrons. The van der Waals surface area contributed by atoms with E-state index in [1.807, 2.05) is 13.8 Å². The fourth-order valence-corrected chi connectivity index (χ4v) is 7.53. The highest BCUT2D eigenvalue weighted by Gasteiger charge is 2.63. The van der Waals surface area contributed by atoms with Gasteiger partial charge in [0.05, 0.1) is 18.3 Å². The second-order valence-electron chi connectivity index (χ2n) is 11.6. The molecule has 9 nitrogen and oxygen atoms in total. The van der Waals surface area contributed by atoms with E-state index < -0.39 is 41.7 Å². The van der Waals surface area contributed by atoms with E-state index in [0.29, 0.717) is 19.4 Å². The molecule has 2 aliphatic carbocycles. The van der Waals surface area contributed by atoms with E-state index in [9.17, 15) is 30.3 Å². The lowest BCUT2D eigenvalue weighted by Gasteiger charge is -2.64. The maximum Gasteiger partial charge on any atom is 0.331 e. The van der Waals surface area contributed by atoms with Crippen LogP contribution in [0.1, 0.15) is 59.3 Å². The average Bonchev–Trinajstić information content (AvgIpc) is 3.18. The maximum atomic E-state index is 11.7. The quantitative estimate of drug-likeness (QED) is 0.343. The Balaban J connectivity index is 1.63. The molecule has 194 valence electrons. The number of rotatable bonds is 6. The molecule has 34 heavy (non-hydrogen) atoms. The van der Waals surface area contributed by atoms with Crippen LogP contribution < -0.4 is 0 Å². The summed E-state index contributed by atoms with van der Waals surface area (Å²) in [6.45, 7) is 6.10. The first-order valence-electron chi connectivity index (χ1n) is 12.4. The number of hydrogen-bond donors (Lipinski definition) is 5. The van der Waals surface area contributed by atoms with Gasteiger partial charge in [0.1, 0.15) is 24.9 Å². The summed E-state index contributed by atoms with van der Waals surface area (Å²) in [4.78, 5) is 11.5. The van der Waals surface area contributed by atoms with E-state index in [0.717, 1.165) is 24.8 Å². The van der Waals surface area contributed by atoms with E-state index in [2.05, 4.69) is 6.92 Å². The van der Waals surface area contributed by atoms with Crippen LogP contribution in [0.25, 0.3) is 0 Å². The zero-order valence-electron chi connectivity index (χ0n) is 20.4. The molecule has 9 heteroatoms. The van der Waals surface area contributed by atoms with Crippen molar-refractivity contribution in [1.82, 2.24) is 0 Å². The number of aliphatic hydroxyl groups excluding tert-OH is 4. The van der Waals surface area contributed by atoms with Crippen LogP contribution in [0.5, 0.6) is 0 Å². The van der Waals surface area contributed by atoms with E-state index in [-0.39, 0.29) is 42.9 Å². The minimum Gasteiger partial charge on any atom is -0.458 e. The summed E-state index contributed by atoms with van der Waals surface area (Å²) >= 11 is 0. The molecule has 0 unspecified atom stereocenters. The molecule has 1 saturated heterocycles. The van der Waals surface area contributed by atoms with Crippen LogP contribution in [0, 0.1) is 22.7 Å². The molecule has 0 amide bonds. The molecule has 0 aromatic rings. The molecule has 2 saturated carbocycles. The van der Waals surface area contributed by atoms with Crippen LogP contribution in [0.4, 0.5) is 0 Å². The Labute approximate surface area is 200 Å². The van der Waals surface area contributed by atoms with Crippen molar-refractivity contribution in [3.63, 3.8) is 0 Å². The highest BCUT2D eigenvalue weighted by molar-refractivity contribution is 5.85. The van der Waals surface area contributed by atoms with Crippen molar-refractivity contribution in [2.75, 3.05) is 19.8 Å². The lowest BCUT2D eigenvalue weighted by molar-refractivity contribution is -0.318. The molecule has 0 aromatic heterocycles. The van der Waals surface area contributed by atoms with Gasteiger partial charge in [-0.05, 0) is 60.8 Å². The number of hydrogen-bond acceptors (Lipinski definition) is 9. The van der Waals surface area contributed by atoms with Crippen molar-refractivity contribution in [1.29, 1.82) is 0 Å². The number of fused-ring (bicyclic) bond motifs is 1. The van der Waals surface area contributed by atoms with Gasteiger partial charge in [0, 0.05) is 19.1 Å². The van der Waals surface area contributed by atoms with Crippen molar-refractivity contribution in [3.8, 4) is 0 Å². The predicted molar refractivity (Wildman–Crippen MR) is 120 cm³/mol. The van der Waals surface area contributed by atoms with E-state index in [4.69, 9.17) is 14.2 Å². The fraction of sp³-hybridized carbons (Fsp3) is 0.880. The molecule has 0 aromatic carbocycles. The summed E-state index contributed by atoms with van der Waals surface area (Å²) in [5, 5.41) is 52.6. The summed E-state index contributed by atoms with van der Waals surface area (Å²) in [5.74, 6) is -0.580. The number of cyclic esters (lactones) is 1. The summed E-state index contributed by atoms with van der Waals surface area (Å²) < 4.78 is 16.9. The molecule has 4 aliphatic rings. The Bertz CT molecular complexity index is 797. The zero-order valence-corrected chi connectivity index (χ0v) is 20.4. The molecule has 4 rings (SSSR count). The third-order valence-corrected chi connectivity index (χ3v) is 9.06. The Hall–Kier alpha value is -1.07. The topological polar surface area (TPSA) is 146 Å². The SMILES string of the molecule is C[C@@]1(CO)CCC[C@]2(C)[C@@H](CCC3=CC(=O)OC3)[C@](C)(O)C[C@H](O[C@@H]3OC[C@@H](O)[C@@H](O)[C@@H]3O)[C@@H]12. The smallest absolute Gasteiger partial charge is 0.331 e. The van der Waals surface area contributed by atoms with Crippen LogP contribution in [0.2, 0.25) is 0 Å². The first-order chi connectivity index (χ1) is 15.9. The second-order valence-corrected chi connectivity index (χ2v) is 11.6. The molecule has 0 spiro atoms. The average molecular weight is 485 g/mol. The summed E-state index contributed by atoms with van der Waals surface area (Å²) in [6, 6.07) is 0. The highest BCUT2D eigenvalue weighted by atomic mass is 16.7. The Morgan fingerprint density at radius 2 is 1.88 bits per heavy atom. The molecule has 10 atom stereocenters. The number of aliphatic hydroxyl groups is 5. The molecular weight excluding hydrogens is 444 g/mol. The molecule has 2 heterocycles. The first kappa shape index (κ1) is 26.0. The minimum absolute atomic E-state index is 0.0368. The van der Waals surface area contributed by atoms with E-state index in [1.54, 1.807) is 0 Å². The predicted octanol–water partition coefficient (Wildman–Crippen LogP) is 0.650. The molecule has 0 bridgehead atoms. The zero-order chi connectivity index (χ0) is 24.9. The second kappa shape index (κ2) is 9.42. The Kier molecular flexibility index (Phi) is 7.21. The van der Waals surface area contributed by atoms with Crippen molar-refractivity contribution < 1.29 is 44.5 Å². The van der Waals surface area contributed by atoms with Crippen LogP contribution in [0.15, 0.2) is 11.6 Å². The first-order valence-corrected chi connectivity index (χ1v) is 12.4. The molecular formula is C25H40O9. The van der Waals surface area contributed by atoms with Gasteiger partial charge >= 0.3 is 5.97 Å². The van der Waals surface area contributed by atoms with Gasteiger partial charge in [-0.1, -0.05) is 20.3 Å².